The molecule has 34 heavy (non-hydrogen) atoms. The summed E-state index contributed by atoms with van der Waals surface area (Å²) in [5.74, 6) is -0.786. The Bertz CT molecular complexity index is 1370. The molecule has 4 aromatic rings. The minimum Gasteiger partial charge on any atom is -0.478 e. The largest absolute Gasteiger partial charge is 0.478 e. The number of nitrogens with zero attached hydrogens (tertiary/aromatic N) is 2. The van der Waals surface area contributed by atoms with E-state index in [4.69, 9.17) is 4.98 Å². The van der Waals surface area contributed by atoms with Gasteiger partial charge in [-0.2, -0.15) is 0 Å². The molecule has 0 atom stereocenters. The van der Waals surface area contributed by atoms with Gasteiger partial charge in [-0.3, -0.25) is 4.79 Å². The van der Waals surface area contributed by atoms with Gasteiger partial charge in [0.15, 0.2) is 0 Å². The summed E-state index contributed by atoms with van der Waals surface area (Å²) in [5.41, 5.74) is 3.83. The summed E-state index contributed by atoms with van der Waals surface area (Å²) in [6.45, 7) is 0.238. The number of halogens is 1. The van der Waals surface area contributed by atoms with Gasteiger partial charge in [0.25, 0.3) is 5.91 Å². The van der Waals surface area contributed by atoms with Crippen molar-refractivity contribution in [3.8, 4) is 11.4 Å². The maximum atomic E-state index is 13.4. The van der Waals surface area contributed by atoms with Crippen molar-refractivity contribution in [2.24, 2.45) is 0 Å². The van der Waals surface area contributed by atoms with Crippen molar-refractivity contribution in [1.29, 1.82) is 0 Å². The molecule has 1 aromatic heterocycles. The number of amides is 1. The minimum absolute atomic E-state index is 0.209. The predicted molar refractivity (Wildman–Crippen MR) is 127 cm³/mol. The predicted octanol–water partition coefficient (Wildman–Crippen LogP) is 5.59. The second-order valence-corrected chi connectivity index (χ2v) is 8.64. The second-order valence-electron chi connectivity index (χ2n) is 8.64. The number of aromatic nitrogens is 2. The summed E-state index contributed by atoms with van der Waals surface area (Å²) < 4.78 is 15.6. The molecule has 1 fully saturated rings. The molecule has 0 spiro atoms. The van der Waals surface area contributed by atoms with Gasteiger partial charge in [0.1, 0.15) is 11.6 Å². The van der Waals surface area contributed by atoms with Crippen molar-refractivity contribution in [3.63, 3.8) is 0 Å². The summed E-state index contributed by atoms with van der Waals surface area (Å²) in [6, 6.07) is 18.7. The highest BCUT2D eigenvalue weighted by Crippen LogP contribution is 2.37. The Kier molecular flexibility index (Phi) is 5.84. The van der Waals surface area contributed by atoms with Crippen LogP contribution < -0.4 is 5.32 Å². The van der Waals surface area contributed by atoms with Gasteiger partial charge in [-0.15, -0.1) is 0 Å². The lowest BCUT2D eigenvalue weighted by Crippen LogP contribution is -2.22. The number of rotatable bonds is 6. The highest BCUT2D eigenvalue weighted by Gasteiger charge is 2.24. The Balaban J connectivity index is 1.43. The lowest BCUT2D eigenvalue weighted by atomic mass is 10.1. The van der Waals surface area contributed by atoms with E-state index in [9.17, 15) is 19.1 Å². The van der Waals surface area contributed by atoms with E-state index in [2.05, 4.69) is 9.88 Å². The molecule has 2 N–H and O–H groups in total. The van der Waals surface area contributed by atoms with Crippen LogP contribution in [-0.4, -0.2) is 26.5 Å². The number of carboxylic acid groups (broad SMARTS) is 1. The van der Waals surface area contributed by atoms with Crippen molar-refractivity contribution < 1.29 is 19.1 Å². The molecule has 0 unspecified atom stereocenters. The van der Waals surface area contributed by atoms with Crippen LogP contribution >= 0.6 is 0 Å². The topological polar surface area (TPSA) is 84.2 Å². The molecule has 0 aliphatic heterocycles. The third-order valence-electron chi connectivity index (χ3n) is 6.37. The summed E-state index contributed by atoms with van der Waals surface area (Å²) in [6.07, 6.45) is 4.42. The first-order chi connectivity index (χ1) is 16.5. The average Bonchev–Trinajstić information content (AvgIpc) is 3.50. The van der Waals surface area contributed by atoms with E-state index in [0.717, 1.165) is 42.6 Å². The zero-order valence-corrected chi connectivity index (χ0v) is 18.5. The van der Waals surface area contributed by atoms with Crippen LogP contribution in [0.15, 0.2) is 66.7 Å². The van der Waals surface area contributed by atoms with Crippen LogP contribution in [-0.2, 0) is 6.54 Å². The molecule has 1 heterocycles. The fraction of sp³-hybridized carbons (Fsp3) is 0.222. The third kappa shape index (κ3) is 4.29. The lowest BCUT2D eigenvalue weighted by Gasteiger charge is -2.16. The summed E-state index contributed by atoms with van der Waals surface area (Å²) in [4.78, 5) is 28.8. The standard InChI is InChI=1S/C27H24FN3O3/c28-21-5-3-4-17(14-21)16-29-26(32)19-10-8-18(9-11-19)25-30-23-15-20(27(33)34)12-13-24(23)31(25)22-6-1-2-7-22/h3-5,8-15,22H,1-2,6-7,16H2,(H,29,32)(H,33,34). The highest BCUT2D eigenvalue weighted by atomic mass is 19.1. The lowest BCUT2D eigenvalue weighted by molar-refractivity contribution is 0.0696. The van der Waals surface area contributed by atoms with E-state index in [-0.39, 0.29) is 23.8 Å². The van der Waals surface area contributed by atoms with Crippen molar-refractivity contribution in [2.75, 3.05) is 0 Å². The summed E-state index contributed by atoms with van der Waals surface area (Å²) in [5, 5.41) is 12.2. The Hall–Kier alpha value is -4.00. The number of benzene rings is 3. The van der Waals surface area contributed by atoms with Crippen LogP contribution in [0.4, 0.5) is 4.39 Å². The van der Waals surface area contributed by atoms with Gasteiger partial charge in [0.2, 0.25) is 0 Å². The quantitative estimate of drug-likeness (QED) is 0.396. The Morgan fingerprint density at radius 2 is 1.74 bits per heavy atom. The van der Waals surface area contributed by atoms with E-state index in [1.807, 2.05) is 18.2 Å². The van der Waals surface area contributed by atoms with Crippen LogP contribution in [0.5, 0.6) is 0 Å². The molecule has 0 radical (unpaired) electrons. The van der Waals surface area contributed by atoms with Crippen LogP contribution in [0, 0.1) is 5.82 Å². The molecule has 1 aliphatic carbocycles. The number of fused-ring (bicyclic) bond motifs is 1. The molecule has 3 aromatic carbocycles. The smallest absolute Gasteiger partial charge is 0.335 e. The SMILES string of the molecule is O=C(O)c1ccc2c(c1)nc(-c1ccc(C(=O)NCc3cccc(F)c3)cc1)n2C1CCCC1. The molecule has 172 valence electrons. The first kappa shape index (κ1) is 21.8. The fourth-order valence-corrected chi connectivity index (χ4v) is 4.67. The molecule has 5 rings (SSSR count). The molecule has 7 heteroatoms. The maximum absolute atomic E-state index is 13.4. The van der Waals surface area contributed by atoms with E-state index in [1.54, 1.807) is 36.4 Å². The average molecular weight is 458 g/mol. The first-order valence-electron chi connectivity index (χ1n) is 11.4. The zero-order chi connectivity index (χ0) is 23.7. The maximum Gasteiger partial charge on any atom is 0.335 e. The number of carboxylic acids is 1. The second kappa shape index (κ2) is 9.09. The van der Waals surface area contributed by atoms with Crippen LogP contribution in [0.3, 0.4) is 0 Å². The van der Waals surface area contributed by atoms with Gasteiger partial charge in [-0.05, 0) is 60.9 Å². The first-order valence-corrected chi connectivity index (χ1v) is 11.4. The summed E-state index contributed by atoms with van der Waals surface area (Å²) >= 11 is 0. The van der Waals surface area contributed by atoms with E-state index in [1.165, 1.54) is 12.1 Å². The van der Waals surface area contributed by atoms with Crippen molar-refractivity contribution >= 4 is 22.9 Å². The molecule has 6 nitrogen and oxygen atoms in total. The molecule has 0 saturated heterocycles. The molecular formula is C27H24FN3O3. The molecular weight excluding hydrogens is 433 g/mol. The summed E-state index contributed by atoms with van der Waals surface area (Å²) in [7, 11) is 0. The van der Waals surface area contributed by atoms with E-state index >= 15 is 0 Å². The number of hydrogen-bond donors (Lipinski definition) is 2. The van der Waals surface area contributed by atoms with E-state index in [0.29, 0.717) is 22.7 Å². The number of imidazole rings is 1. The minimum atomic E-state index is -0.979. The van der Waals surface area contributed by atoms with E-state index < -0.39 is 5.97 Å². The van der Waals surface area contributed by atoms with Crippen LogP contribution in [0.1, 0.15) is 58.0 Å². The third-order valence-corrected chi connectivity index (χ3v) is 6.37. The highest BCUT2D eigenvalue weighted by molar-refractivity contribution is 5.95. The van der Waals surface area contributed by atoms with Gasteiger partial charge in [-0.1, -0.05) is 37.1 Å². The van der Waals surface area contributed by atoms with Gasteiger partial charge < -0.3 is 15.0 Å². The normalized spacial score (nSPS) is 13.9. The van der Waals surface area contributed by atoms with Crippen molar-refractivity contribution in [1.82, 2.24) is 14.9 Å². The zero-order valence-electron chi connectivity index (χ0n) is 18.5. The number of aromatic carboxylic acids is 1. The molecule has 1 amide bonds. The number of nitrogens with one attached hydrogen (secondary N) is 1. The van der Waals surface area contributed by atoms with Gasteiger partial charge in [0, 0.05) is 23.7 Å². The van der Waals surface area contributed by atoms with Gasteiger partial charge in [0.05, 0.1) is 16.6 Å². The molecule has 1 saturated carbocycles. The Morgan fingerprint density at radius 1 is 1.00 bits per heavy atom. The number of hydrogen-bond acceptors (Lipinski definition) is 3. The van der Waals surface area contributed by atoms with Crippen molar-refractivity contribution in [3.05, 3.63) is 89.2 Å². The number of carbonyl (C=O) groups excluding carboxylic acids is 1. The molecule has 1 aliphatic rings. The van der Waals surface area contributed by atoms with Gasteiger partial charge >= 0.3 is 5.97 Å². The Morgan fingerprint density at radius 3 is 2.44 bits per heavy atom. The molecule has 0 bridgehead atoms. The van der Waals surface area contributed by atoms with Crippen LogP contribution in [0.2, 0.25) is 0 Å². The van der Waals surface area contributed by atoms with Gasteiger partial charge in [-0.25, -0.2) is 14.2 Å². The number of carbonyl (C=O) groups is 2. The van der Waals surface area contributed by atoms with Crippen molar-refractivity contribution in [2.45, 2.75) is 38.3 Å². The monoisotopic (exact) mass is 457 g/mol. The van der Waals surface area contributed by atoms with Crippen LogP contribution in [0.25, 0.3) is 22.4 Å². The fourth-order valence-electron chi connectivity index (χ4n) is 4.67. The Labute approximate surface area is 196 Å².